The number of aryl methyl sites for hydroxylation is 2. The van der Waals surface area contributed by atoms with Gasteiger partial charge in [0.15, 0.2) is 5.75 Å². The minimum Gasteiger partial charge on any atom is -0.478 e. The van der Waals surface area contributed by atoms with Crippen LogP contribution in [-0.2, 0) is 7.05 Å². The third kappa shape index (κ3) is 2.28. The zero-order valence-electron chi connectivity index (χ0n) is 9.54. The maximum atomic E-state index is 11.1. The summed E-state index contributed by atoms with van der Waals surface area (Å²) in [6.07, 6.45) is 3.22. The van der Waals surface area contributed by atoms with Gasteiger partial charge < -0.3 is 9.84 Å². The van der Waals surface area contributed by atoms with E-state index in [9.17, 15) is 4.79 Å². The van der Waals surface area contributed by atoms with Crippen LogP contribution in [-0.4, -0.2) is 20.9 Å². The highest BCUT2D eigenvalue weighted by molar-refractivity contribution is 5.91. The smallest absolute Gasteiger partial charge is 0.339 e. The molecule has 1 aromatic carbocycles. The molecule has 0 bridgehead atoms. The first-order chi connectivity index (χ1) is 8.08. The molecular weight excluding hydrogens is 220 g/mol. The Hall–Kier alpha value is -2.30. The second kappa shape index (κ2) is 4.29. The van der Waals surface area contributed by atoms with E-state index in [4.69, 9.17) is 9.84 Å². The number of hydrogen-bond donors (Lipinski definition) is 1. The highest BCUT2D eigenvalue weighted by Crippen LogP contribution is 2.28. The van der Waals surface area contributed by atoms with Gasteiger partial charge in [-0.15, -0.1) is 0 Å². The van der Waals surface area contributed by atoms with Crippen molar-refractivity contribution >= 4 is 5.97 Å². The number of ether oxygens (including phenoxy) is 1. The van der Waals surface area contributed by atoms with E-state index in [-0.39, 0.29) is 5.56 Å². The fraction of sp³-hybridized carbons (Fsp3) is 0.167. The Morgan fingerprint density at radius 2 is 2.24 bits per heavy atom. The first-order valence-electron chi connectivity index (χ1n) is 5.07. The van der Waals surface area contributed by atoms with Crippen LogP contribution in [0, 0.1) is 6.92 Å². The molecule has 0 radical (unpaired) electrons. The molecule has 0 aliphatic heterocycles. The predicted octanol–water partition coefficient (Wildman–Crippen LogP) is 2.22. The van der Waals surface area contributed by atoms with Crippen LogP contribution in [0.3, 0.4) is 0 Å². The molecule has 0 unspecified atom stereocenters. The number of benzene rings is 1. The molecule has 5 heteroatoms. The fourth-order valence-corrected chi connectivity index (χ4v) is 1.53. The van der Waals surface area contributed by atoms with Crippen molar-refractivity contribution in [1.82, 2.24) is 9.78 Å². The maximum absolute atomic E-state index is 11.1. The van der Waals surface area contributed by atoms with Crippen LogP contribution in [0.2, 0.25) is 0 Å². The third-order valence-corrected chi connectivity index (χ3v) is 2.34. The minimum atomic E-state index is -1.01. The third-order valence-electron chi connectivity index (χ3n) is 2.34. The number of carbonyl (C=O) groups is 1. The number of rotatable bonds is 3. The highest BCUT2D eigenvalue weighted by atomic mass is 16.5. The molecule has 0 fully saturated rings. The van der Waals surface area contributed by atoms with Crippen LogP contribution in [0.15, 0.2) is 30.6 Å². The van der Waals surface area contributed by atoms with Gasteiger partial charge >= 0.3 is 5.97 Å². The lowest BCUT2D eigenvalue weighted by molar-refractivity contribution is 0.0694. The van der Waals surface area contributed by atoms with Crippen molar-refractivity contribution in [3.8, 4) is 11.5 Å². The van der Waals surface area contributed by atoms with Crippen LogP contribution in [0.4, 0.5) is 0 Å². The molecule has 0 saturated carbocycles. The van der Waals surface area contributed by atoms with E-state index in [0.717, 1.165) is 5.56 Å². The van der Waals surface area contributed by atoms with Gasteiger partial charge in [-0.2, -0.15) is 5.10 Å². The molecule has 2 aromatic rings. The molecule has 0 aliphatic carbocycles. The second-order valence-electron chi connectivity index (χ2n) is 3.71. The summed E-state index contributed by atoms with van der Waals surface area (Å²) in [5.41, 5.74) is 0.919. The summed E-state index contributed by atoms with van der Waals surface area (Å²) in [6.45, 7) is 1.80. The van der Waals surface area contributed by atoms with Gasteiger partial charge in [-0.1, -0.05) is 12.1 Å². The second-order valence-corrected chi connectivity index (χ2v) is 3.71. The Balaban J connectivity index is 2.40. The van der Waals surface area contributed by atoms with Gasteiger partial charge in [0, 0.05) is 7.05 Å². The molecule has 1 aromatic heterocycles. The maximum Gasteiger partial charge on any atom is 0.339 e. The quantitative estimate of drug-likeness (QED) is 0.881. The molecule has 2 rings (SSSR count). The van der Waals surface area contributed by atoms with Crippen molar-refractivity contribution in [1.29, 1.82) is 0 Å². The minimum absolute atomic E-state index is 0.147. The van der Waals surface area contributed by atoms with E-state index in [0.29, 0.717) is 11.5 Å². The summed E-state index contributed by atoms with van der Waals surface area (Å²) in [5, 5.41) is 13.0. The lowest BCUT2D eigenvalue weighted by atomic mass is 10.1. The van der Waals surface area contributed by atoms with E-state index in [1.54, 1.807) is 37.0 Å². The zero-order valence-corrected chi connectivity index (χ0v) is 9.54. The largest absolute Gasteiger partial charge is 0.478 e. The van der Waals surface area contributed by atoms with Crippen molar-refractivity contribution in [3.63, 3.8) is 0 Å². The molecule has 0 saturated heterocycles. The molecule has 17 heavy (non-hydrogen) atoms. The van der Waals surface area contributed by atoms with Gasteiger partial charge in [0.2, 0.25) is 0 Å². The van der Waals surface area contributed by atoms with E-state index in [1.165, 1.54) is 12.3 Å². The molecule has 1 N–H and O–H groups in total. The van der Waals surface area contributed by atoms with Gasteiger partial charge in [-0.05, 0) is 18.6 Å². The summed E-state index contributed by atoms with van der Waals surface area (Å²) in [4.78, 5) is 11.1. The van der Waals surface area contributed by atoms with E-state index in [2.05, 4.69) is 5.10 Å². The Morgan fingerprint density at radius 3 is 2.82 bits per heavy atom. The van der Waals surface area contributed by atoms with Crippen molar-refractivity contribution in [2.45, 2.75) is 6.92 Å². The van der Waals surface area contributed by atoms with Crippen LogP contribution in [0.5, 0.6) is 11.5 Å². The zero-order chi connectivity index (χ0) is 12.4. The van der Waals surface area contributed by atoms with E-state index < -0.39 is 5.97 Å². The molecule has 0 amide bonds. The molecule has 5 nitrogen and oxygen atoms in total. The van der Waals surface area contributed by atoms with Crippen LogP contribution >= 0.6 is 0 Å². The average Bonchev–Trinajstić information content (AvgIpc) is 2.67. The normalized spacial score (nSPS) is 10.2. The summed E-state index contributed by atoms with van der Waals surface area (Å²) >= 11 is 0. The lowest BCUT2D eigenvalue weighted by Crippen LogP contribution is -2.01. The first kappa shape index (κ1) is 11.2. The average molecular weight is 232 g/mol. The van der Waals surface area contributed by atoms with E-state index >= 15 is 0 Å². The van der Waals surface area contributed by atoms with Crippen LogP contribution < -0.4 is 4.74 Å². The Kier molecular flexibility index (Phi) is 2.82. The van der Waals surface area contributed by atoms with Crippen LogP contribution in [0.1, 0.15) is 15.9 Å². The highest BCUT2D eigenvalue weighted by Gasteiger charge is 2.14. The van der Waals surface area contributed by atoms with Crippen molar-refractivity contribution in [3.05, 3.63) is 41.7 Å². The standard InChI is InChI=1S/C12H12N2O3/c1-8-4-3-5-10(12(15)16)11(8)17-9-6-13-14(2)7-9/h3-7H,1-2H3,(H,15,16). The molecule has 88 valence electrons. The Bertz CT molecular complexity index is 561. The summed E-state index contributed by atoms with van der Waals surface area (Å²) in [5.74, 6) is -0.134. The SMILES string of the molecule is Cc1cccc(C(=O)O)c1Oc1cnn(C)c1. The number of nitrogens with zero attached hydrogens (tertiary/aromatic N) is 2. The molecule has 1 heterocycles. The monoisotopic (exact) mass is 232 g/mol. The Morgan fingerprint density at radius 1 is 1.47 bits per heavy atom. The van der Waals surface area contributed by atoms with E-state index in [1.807, 2.05) is 0 Å². The Labute approximate surface area is 98.3 Å². The first-order valence-corrected chi connectivity index (χ1v) is 5.07. The van der Waals surface area contributed by atoms with Crippen molar-refractivity contribution in [2.75, 3.05) is 0 Å². The van der Waals surface area contributed by atoms with Crippen molar-refractivity contribution < 1.29 is 14.6 Å². The number of aromatic nitrogens is 2. The summed E-state index contributed by atoms with van der Waals surface area (Å²) in [7, 11) is 1.77. The molecule has 0 atom stereocenters. The number of hydrogen-bond acceptors (Lipinski definition) is 3. The lowest BCUT2D eigenvalue weighted by Gasteiger charge is -2.09. The predicted molar refractivity (Wildman–Crippen MR) is 61.4 cm³/mol. The summed E-state index contributed by atoms with van der Waals surface area (Å²) < 4.78 is 7.15. The molecular formula is C12H12N2O3. The van der Waals surface area contributed by atoms with Gasteiger partial charge in [0.25, 0.3) is 0 Å². The fourth-order valence-electron chi connectivity index (χ4n) is 1.53. The molecule has 0 aliphatic rings. The number of carboxylic acids is 1. The molecule has 0 spiro atoms. The van der Waals surface area contributed by atoms with Crippen molar-refractivity contribution in [2.24, 2.45) is 7.05 Å². The number of para-hydroxylation sites is 1. The number of carboxylic acid groups (broad SMARTS) is 1. The summed E-state index contributed by atoms with van der Waals surface area (Å²) in [6, 6.07) is 5.01. The van der Waals surface area contributed by atoms with Gasteiger partial charge in [-0.3, -0.25) is 4.68 Å². The number of aromatic carboxylic acids is 1. The van der Waals surface area contributed by atoms with Gasteiger partial charge in [-0.25, -0.2) is 4.79 Å². The van der Waals surface area contributed by atoms with Gasteiger partial charge in [0.1, 0.15) is 11.3 Å². The van der Waals surface area contributed by atoms with Gasteiger partial charge in [0.05, 0.1) is 12.4 Å². The topological polar surface area (TPSA) is 64.3 Å². The van der Waals surface area contributed by atoms with Crippen LogP contribution in [0.25, 0.3) is 0 Å².